The van der Waals surface area contributed by atoms with Crippen molar-refractivity contribution in [1.82, 2.24) is 10.0 Å². The van der Waals surface area contributed by atoms with Crippen molar-refractivity contribution in [3.05, 3.63) is 48.0 Å². The highest BCUT2D eigenvalue weighted by molar-refractivity contribution is 7.89. The largest absolute Gasteiger partial charge is 0.497 e. The molecule has 0 heterocycles. The number of benzene rings is 2. The molecule has 0 atom stereocenters. The second-order valence-corrected chi connectivity index (χ2v) is 7.56. The lowest BCUT2D eigenvalue weighted by atomic mass is 10.2. The first kappa shape index (κ1) is 21.5. The monoisotopic (exact) mass is 408 g/mol. The third-order valence-corrected chi connectivity index (χ3v) is 5.39. The molecule has 0 unspecified atom stereocenters. The van der Waals surface area contributed by atoms with Crippen LogP contribution in [0.15, 0.2) is 47.4 Å². The molecule has 0 aliphatic carbocycles. The van der Waals surface area contributed by atoms with Gasteiger partial charge in [-0.3, -0.25) is 4.79 Å². The molecule has 0 saturated carbocycles. The smallest absolute Gasteiger partial charge is 0.240 e. The van der Waals surface area contributed by atoms with E-state index in [0.29, 0.717) is 23.8 Å². The summed E-state index contributed by atoms with van der Waals surface area (Å²) in [4.78, 5) is 12.0. The Hall–Kier alpha value is -2.78. The van der Waals surface area contributed by atoms with Crippen LogP contribution in [0.25, 0.3) is 0 Å². The third kappa shape index (κ3) is 5.86. The fraction of sp³-hybridized carbons (Fsp3) is 0.316. The Bertz CT molecular complexity index is 914. The molecule has 2 rings (SSSR count). The second-order valence-electron chi connectivity index (χ2n) is 5.79. The van der Waals surface area contributed by atoms with Gasteiger partial charge in [0.05, 0.1) is 26.2 Å². The molecule has 2 aromatic rings. The molecule has 0 spiro atoms. The van der Waals surface area contributed by atoms with Crippen molar-refractivity contribution in [3.63, 3.8) is 0 Å². The molecule has 0 aliphatic heterocycles. The van der Waals surface area contributed by atoms with Gasteiger partial charge in [-0.25, -0.2) is 13.1 Å². The van der Waals surface area contributed by atoms with Crippen molar-refractivity contribution < 1.29 is 27.4 Å². The van der Waals surface area contributed by atoms with E-state index in [2.05, 4.69) is 10.0 Å². The number of hydrogen-bond donors (Lipinski definition) is 2. The van der Waals surface area contributed by atoms with E-state index in [1.807, 2.05) is 24.3 Å². The second kappa shape index (κ2) is 9.95. The predicted molar refractivity (Wildman–Crippen MR) is 104 cm³/mol. The Morgan fingerprint density at radius 3 is 2.39 bits per heavy atom. The van der Waals surface area contributed by atoms with Gasteiger partial charge in [-0.1, -0.05) is 12.1 Å². The Morgan fingerprint density at radius 2 is 1.71 bits per heavy atom. The zero-order valence-corrected chi connectivity index (χ0v) is 16.8. The minimum absolute atomic E-state index is 0.0104. The molecule has 0 aromatic heterocycles. The summed E-state index contributed by atoms with van der Waals surface area (Å²) in [5.74, 6) is 1.17. The molecule has 0 saturated heterocycles. The lowest BCUT2D eigenvalue weighted by molar-refractivity contribution is -0.121. The molecular formula is C19H24N2O6S. The third-order valence-electron chi connectivity index (χ3n) is 3.93. The van der Waals surface area contributed by atoms with Gasteiger partial charge < -0.3 is 19.5 Å². The standard InChI is InChI=1S/C19H24N2O6S/c1-25-15-6-4-5-14(11-15)13-20-19(22)9-10-21-28(23,24)16-7-8-17(26-2)18(12-16)27-3/h4-8,11-12,21H,9-10,13H2,1-3H3,(H,20,22). The van der Waals surface area contributed by atoms with E-state index in [4.69, 9.17) is 14.2 Å². The van der Waals surface area contributed by atoms with Gasteiger partial charge >= 0.3 is 0 Å². The molecule has 0 bridgehead atoms. The highest BCUT2D eigenvalue weighted by Crippen LogP contribution is 2.29. The summed E-state index contributed by atoms with van der Waals surface area (Å²) in [6.45, 7) is 0.305. The number of amides is 1. The number of methoxy groups -OCH3 is 3. The summed E-state index contributed by atoms with van der Waals surface area (Å²) < 4.78 is 42.5. The fourth-order valence-corrected chi connectivity index (χ4v) is 3.48. The van der Waals surface area contributed by atoms with Crippen molar-refractivity contribution in [3.8, 4) is 17.2 Å². The molecule has 9 heteroatoms. The summed E-state index contributed by atoms with van der Waals surface area (Å²) in [6.07, 6.45) is 0.0104. The zero-order chi connectivity index (χ0) is 20.6. The molecule has 0 fully saturated rings. The molecule has 1 amide bonds. The van der Waals surface area contributed by atoms with Gasteiger partial charge in [-0.2, -0.15) is 0 Å². The minimum Gasteiger partial charge on any atom is -0.497 e. The molecule has 0 aliphatic rings. The molecule has 28 heavy (non-hydrogen) atoms. The first-order chi connectivity index (χ1) is 13.4. The van der Waals surface area contributed by atoms with E-state index in [0.717, 1.165) is 5.56 Å². The van der Waals surface area contributed by atoms with Crippen molar-refractivity contribution in [2.45, 2.75) is 17.9 Å². The van der Waals surface area contributed by atoms with Gasteiger partial charge in [-0.05, 0) is 29.8 Å². The van der Waals surface area contributed by atoms with Crippen molar-refractivity contribution in [2.24, 2.45) is 0 Å². The topological polar surface area (TPSA) is 103 Å². The minimum atomic E-state index is -3.77. The van der Waals surface area contributed by atoms with E-state index < -0.39 is 10.0 Å². The molecular weight excluding hydrogens is 384 g/mol. The van der Waals surface area contributed by atoms with Gasteiger partial charge in [0.15, 0.2) is 11.5 Å². The highest BCUT2D eigenvalue weighted by Gasteiger charge is 2.17. The van der Waals surface area contributed by atoms with Gasteiger partial charge in [0, 0.05) is 25.6 Å². The normalized spacial score (nSPS) is 11.0. The average Bonchev–Trinajstić information content (AvgIpc) is 2.71. The van der Waals surface area contributed by atoms with E-state index in [1.165, 1.54) is 32.4 Å². The summed E-state index contributed by atoms with van der Waals surface area (Å²) >= 11 is 0. The van der Waals surface area contributed by atoms with Crippen LogP contribution in [0, 0.1) is 0 Å². The highest BCUT2D eigenvalue weighted by atomic mass is 32.2. The molecule has 152 valence electrons. The van der Waals surface area contributed by atoms with Gasteiger partial charge in [0.2, 0.25) is 15.9 Å². The van der Waals surface area contributed by atoms with Crippen molar-refractivity contribution in [2.75, 3.05) is 27.9 Å². The quantitative estimate of drug-likeness (QED) is 0.620. The Morgan fingerprint density at radius 1 is 0.964 bits per heavy atom. The van der Waals surface area contributed by atoms with Crippen LogP contribution >= 0.6 is 0 Å². The Balaban J connectivity index is 1.86. The van der Waals surface area contributed by atoms with Gasteiger partial charge in [0.1, 0.15) is 5.75 Å². The van der Waals surface area contributed by atoms with Crippen LogP contribution in [0.4, 0.5) is 0 Å². The maximum absolute atomic E-state index is 12.4. The first-order valence-electron chi connectivity index (χ1n) is 8.51. The summed E-state index contributed by atoms with van der Waals surface area (Å²) in [5.41, 5.74) is 0.888. The van der Waals surface area contributed by atoms with Crippen molar-refractivity contribution >= 4 is 15.9 Å². The summed E-state index contributed by atoms with van der Waals surface area (Å²) in [5, 5.41) is 2.74. The van der Waals surface area contributed by atoms with E-state index >= 15 is 0 Å². The number of rotatable bonds is 10. The van der Waals surface area contributed by atoms with Gasteiger partial charge in [-0.15, -0.1) is 0 Å². The lowest BCUT2D eigenvalue weighted by Crippen LogP contribution is -2.30. The Labute approximate surface area is 164 Å². The number of carbonyl (C=O) groups is 1. The van der Waals surface area contributed by atoms with E-state index in [9.17, 15) is 13.2 Å². The van der Waals surface area contributed by atoms with Crippen LogP contribution in [0.5, 0.6) is 17.2 Å². The Kier molecular flexibility index (Phi) is 7.65. The van der Waals surface area contributed by atoms with Crippen LogP contribution < -0.4 is 24.2 Å². The number of ether oxygens (including phenoxy) is 3. The number of nitrogens with one attached hydrogen (secondary N) is 2. The van der Waals surface area contributed by atoms with Crippen LogP contribution in [0.2, 0.25) is 0 Å². The maximum Gasteiger partial charge on any atom is 0.240 e. The SMILES string of the molecule is COc1cccc(CNC(=O)CCNS(=O)(=O)c2ccc(OC)c(OC)c2)c1. The average molecular weight is 408 g/mol. The van der Waals surface area contributed by atoms with Gasteiger partial charge in [0.25, 0.3) is 0 Å². The van der Waals surface area contributed by atoms with Crippen LogP contribution in [-0.4, -0.2) is 42.2 Å². The summed E-state index contributed by atoms with van der Waals surface area (Å²) in [6, 6.07) is 11.6. The fourth-order valence-electron chi connectivity index (χ4n) is 2.44. The number of hydrogen-bond acceptors (Lipinski definition) is 6. The maximum atomic E-state index is 12.4. The van der Waals surface area contributed by atoms with Crippen LogP contribution in [-0.2, 0) is 21.4 Å². The summed E-state index contributed by atoms with van der Waals surface area (Å²) in [7, 11) is 0.692. The zero-order valence-electron chi connectivity index (χ0n) is 16.0. The van der Waals surface area contributed by atoms with E-state index in [-0.39, 0.29) is 23.8 Å². The number of sulfonamides is 1. The van der Waals surface area contributed by atoms with Crippen LogP contribution in [0.3, 0.4) is 0 Å². The number of carbonyl (C=O) groups excluding carboxylic acids is 1. The first-order valence-corrected chi connectivity index (χ1v) is 9.99. The van der Waals surface area contributed by atoms with E-state index in [1.54, 1.807) is 7.11 Å². The molecule has 0 radical (unpaired) electrons. The predicted octanol–water partition coefficient (Wildman–Crippen LogP) is 1.70. The lowest BCUT2D eigenvalue weighted by Gasteiger charge is -2.11. The van der Waals surface area contributed by atoms with Crippen molar-refractivity contribution in [1.29, 1.82) is 0 Å². The van der Waals surface area contributed by atoms with Crippen LogP contribution in [0.1, 0.15) is 12.0 Å². The molecule has 8 nitrogen and oxygen atoms in total. The molecule has 2 aromatic carbocycles. The molecule has 2 N–H and O–H groups in total.